The van der Waals surface area contributed by atoms with E-state index in [1.165, 1.54) is 12.1 Å². The average Bonchev–Trinajstić information content (AvgIpc) is 3.04. The van der Waals surface area contributed by atoms with Crippen LogP contribution in [-0.2, 0) is 4.79 Å². The number of likely N-dealkylation sites (N-methyl/N-ethyl adjacent to an activating group) is 1. The molecule has 0 N–H and O–H groups in total. The second-order valence-corrected chi connectivity index (χ2v) is 9.02. The molecule has 1 atom stereocenters. The summed E-state index contributed by atoms with van der Waals surface area (Å²) in [7, 11) is 8.23. The fourth-order valence-electron chi connectivity index (χ4n) is 5.91. The predicted molar refractivity (Wildman–Crippen MR) is 99.3 cm³/mol. The third-order valence-corrected chi connectivity index (χ3v) is 6.65. The average molecular weight is 360 g/mol. The molecule has 1 aromatic rings. The third kappa shape index (κ3) is 2.58. The van der Waals surface area contributed by atoms with Crippen LogP contribution >= 0.6 is 0 Å². The summed E-state index contributed by atoms with van der Waals surface area (Å²) in [6.45, 7) is 5.89. The van der Waals surface area contributed by atoms with E-state index < -0.39 is 0 Å². The zero-order chi connectivity index (χ0) is 18.7. The smallest absolute Gasteiger partial charge is 0.244 e. The molecule has 3 aliphatic heterocycles. The Kier molecular flexibility index (Phi) is 4.13. The van der Waals surface area contributed by atoms with Gasteiger partial charge in [-0.2, -0.15) is 0 Å². The van der Waals surface area contributed by atoms with Gasteiger partial charge in [0.1, 0.15) is 11.9 Å². The first kappa shape index (κ1) is 17.9. The molecule has 0 saturated carbocycles. The Hall–Kier alpha value is -1.50. The van der Waals surface area contributed by atoms with Gasteiger partial charge in [0.05, 0.1) is 0 Å². The molecule has 1 amide bonds. The van der Waals surface area contributed by atoms with Gasteiger partial charge in [-0.05, 0) is 45.9 Å². The zero-order valence-corrected chi connectivity index (χ0v) is 16.2. The molecule has 0 aromatic heterocycles. The summed E-state index contributed by atoms with van der Waals surface area (Å²) in [6, 6.07) is 5.97. The van der Waals surface area contributed by atoms with Crippen molar-refractivity contribution in [2.75, 3.05) is 67.5 Å². The Morgan fingerprint density at radius 1 is 0.962 bits per heavy atom. The van der Waals surface area contributed by atoms with Crippen molar-refractivity contribution in [2.45, 2.75) is 6.04 Å². The van der Waals surface area contributed by atoms with E-state index in [-0.39, 0.29) is 28.6 Å². The second-order valence-electron chi connectivity index (χ2n) is 9.02. The third-order valence-electron chi connectivity index (χ3n) is 6.65. The number of benzene rings is 1. The lowest BCUT2D eigenvalue weighted by Crippen LogP contribution is -2.44. The number of halogens is 1. The maximum atomic E-state index is 13.5. The summed E-state index contributed by atoms with van der Waals surface area (Å²) in [4.78, 5) is 22.3. The quantitative estimate of drug-likeness (QED) is 0.809. The molecule has 26 heavy (non-hydrogen) atoms. The van der Waals surface area contributed by atoms with Crippen LogP contribution < -0.4 is 0 Å². The Balaban J connectivity index is 1.60. The van der Waals surface area contributed by atoms with Gasteiger partial charge in [0, 0.05) is 50.1 Å². The largest absolute Gasteiger partial charge is 0.340 e. The maximum absolute atomic E-state index is 13.5. The van der Waals surface area contributed by atoms with E-state index in [4.69, 9.17) is 0 Å². The standard InChI is InChI=1S/C20H29FN4O/c1-22(2)17(15-5-7-16(21)8-6-15)18(26)25-13-19-9-23(3)10-20(19,14-25)12-24(4)11-19/h5-8,17H,9-14H2,1-4H3. The van der Waals surface area contributed by atoms with Crippen LogP contribution in [0.1, 0.15) is 11.6 Å². The molecule has 0 radical (unpaired) electrons. The van der Waals surface area contributed by atoms with Crippen LogP contribution in [0.15, 0.2) is 24.3 Å². The number of hydrogen-bond donors (Lipinski definition) is 0. The van der Waals surface area contributed by atoms with Crippen molar-refractivity contribution in [3.8, 4) is 0 Å². The number of carbonyl (C=O) groups excluding carboxylic acids is 1. The molecule has 0 spiro atoms. The lowest BCUT2D eigenvalue weighted by atomic mass is 9.71. The van der Waals surface area contributed by atoms with Crippen LogP contribution in [0.2, 0.25) is 0 Å². The first-order valence-corrected chi connectivity index (χ1v) is 9.33. The Bertz CT molecular complexity index is 666. The van der Waals surface area contributed by atoms with Crippen molar-refractivity contribution in [1.82, 2.24) is 19.6 Å². The number of hydrogen-bond acceptors (Lipinski definition) is 4. The molecule has 1 unspecified atom stereocenters. The molecule has 3 aliphatic rings. The fraction of sp³-hybridized carbons (Fsp3) is 0.650. The summed E-state index contributed by atoms with van der Waals surface area (Å²) in [5, 5.41) is 0. The number of carbonyl (C=O) groups is 1. The summed E-state index contributed by atoms with van der Waals surface area (Å²) in [5.74, 6) is -0.130. The summed E-state index contributed by atoms with van der Waals surface area (Å²) in [5.41, 5.74) is 1.23. The highest BCUT2D eigenvalue weighted by Gasteiger charge is 2.66. The highest BCUT2D eigenvalue weighted by Crippen LogP contribution is 2.56. The van der Waals surface area contributed by atoms with Crippen molar-refractivity contribution in [3.63, 3.8) is 0 Å². The van der Waals surface area contributed by atoms with Gasteiger partial charge in [-0.1, -0.05) is 12.1 Å². The zero-order valence-electron chi connectivity index (χ0n) is 16.2. The minimum Gasteiger partial charge on any atom is -0.340 e. The molecule has 1 aromatic carbocycles. The first-order chi connectivity index (χ1) is 12.3. The van der Waals surface area contributed by atoms with E-state index in [2.05, 4.69) is 28.8 Å². The molecule has 4 rings (SSSR count). The van der Waals surface area contributed by atoms with Gasteiger partial charge in [0.15, 0.2) is 0 Å². The molecule has 0 aliphatic carbocycles. The Labute approximate surface area is 155 Å². The van der Waals surface area contributed by atoms with Crippen LogP contribution in [0.5, 0.6) is 0 Å². The number of amides is 1. The van der Waals surface area contributed by atoms with Crippen molar-refractivity contribution in [3.05, 3.63) is 35.6 Å². The van der Waals surface area contributed by atoms with E-state index in [1.54, 1.807) is 12.1 Å². The van der Waals surface area contributed by atoms with Crippen molar-refractivity contribution < 1.29 is 9.18 Å². The van der Waals surface area contributed by atoms with E-state index in [1.807, 2.05) is 19.0 Å². The minimum absolute atomic E-state index is 0.141. The molecule has 5 nitrogen and oxygen atoms in total. The van der Waals surface area contributed by atoms with Gasteiger partial charge in [-0.3, -0.25) is 9.69 Å². The topological polar surface area (TPSA) is 30.0 Å². The van der Waals surface area contributed by atoms with Crippen molar-refractivity contribution in [1.29, 1.82) is 0 Å². The van der Waals surface area contributed by atoms with E-state index in [0.717, 1.165) is 44.8 Å². The van der Waals surface area contributed by atoms with Crippen molar-refractivity contribution in [2.24, 2.45) is 10.8 Å². The highest BCUT2D eigenvalue weighted by molar-refractivity contribution is 5.84. The first-order valence-electron chi connectivity index (χ1n) is 9.33. The Morgan fingerprint density at radius 3 is 1.85 bits per heavy atom. The van der Waals surface area contributed by atoms with E-state index in [9.17, 15) is 9.18 Å². The van der Waals surface area contributed by atoms with E-state index >= 15 is 0 Å². The number of rotatable bonds is 3. The van der Waals surface area contributed by atoms with Crippen LogP contribution in [0.4, 0.5) is 4.39 Å². The SMILES string of the molecule is CN1CC23CN(C)CC2(C1)CN(C(=O)C(c1ccc(F)cc1)N(C)C)C3. The molecular weight excluding hydrogens is 331 g/mol. The molecule has 6 heteroatoms. The van der Waals surface area contributed by atoms with Gasteiger partial charge in [0.25, 0.3) is 0 Å². The monoisotopic (exact) mass is 360 g/mol. The van der Waals surface area contributed by atoms with Gasteiger partial charge in [-0.15, -0.1) is 0 Å². The van der Waals surface area contributed by atoms with Gasteiger partial charge in [0.2, 0.25) is 5.91 Å². The fourth-order valence-corrected chi connectivity index (χ4v) is 5.91. The maximum Gasteiger partial charge on any atom is 0.244 e. The normalized spacial score (nSPS) is 32.9. The molecule has 3 heterocycles. The minimum atomic E-state index is -0.363. The molecule has 3 saturated heterocycles. The number of nitrogens with zero attached hydrogens (tertiary/aromatic N) is 4. The molecule has 3 fully saturated rings. The summed E-state index contributed by atoms with van der Waals surface area (Å²) < 4.78 is 13.3. The van der Waals surface area contributed by atoms with Crippen LogP contribution in [0.3, 0.4) is 0 Å². The van der Waals surface area contributed by atoms with Gasteiger partial charge < -0.3 is 14.7 Å². The lowest BCUT2D eigenvalue weighted by Gasteiger charge is -2.32. The van der Waals surface area contributed by atoms with Crippen LogP contribution in [0.25, 0.3) is 0 Å². The summed E-state index contributed by atoms with van der Waals surface area (Å²) in [6.07, 6.45) is 0. The lowest BCUT2D eigenvalue weighted by molar-refractivity contribution is -0.136. The predicted octanol–water partition coefficient (Wildman–Crippen LogP) is 1.13. The highest BCUT2D eigenvalue weighted by atomic mass is 19.1. The molecule has 0 bridgehead atoms. The molecular formula is C20H29FN4O. The molecule has 142 valence electrons. The van der Waals surface area contributed by atoms with Crippen molar-refractivity contribution >= 4 is 5.91 Å². The Morgan fingerprint density at radius 2 is 1.42 bits per heavy atom. The number of likely N-dealkylation sites (tertiary alicyclic amines) is 3. The van der Waals surface area contributed by atoms with E-state index in [0.29, 0.717) is 0 Å². The van der Waals surface area contributed by atoms with Gasteiger partial charge >= 0.3 is 0 Å². The second kappa shape index (κ2) is 6.01. The van der Waals surface area contributed by atoms with Gasteiger partial charge in [-0.25, -0.2) is 4.39 Å². The summed E-state index contributed by atoms with van der Waals surface area (Å²) >= 11 is 0. The van der Waals surface area contributed by atoms with Crippen LogP contribution in [0, 0.1) is 16.6 Å². The van der Waals surface area contributed by atoms with Crippen LogP contribution in [-0.4, -0.2) is 93.0 Å².